The zero-order valence-corrected chi connectivity index (χ0v) is 17.0. The van der Waals surface area contributed by atoms with Gasteiger partial charge in [-0.25, -0.2) is 9.97 Å². The molecule has 0 bridgehead atoms. The zero-order chi connectivity index (χ0) is 19.5. The summed E-state index contributed by atoms with van der Waals surface area (Å²) in [7, 11) is 0. The first kappa shape index (κ1) is 19.1. The molecule has 2 aliphatic rings. The minimum absolute atomic E-state index is 0.288. The quantitative estimate of drug-likeness (QED) is 0.757. The highest BCUT2D eigenvalue weighted by molar-refractivity contribution is 5.51. The van der Waals surface area contributed by atoms with Gasteiger partial charge in [-0.15, -0.1) is 0 Å². The molecule has 0 spiro atoms. The molecule has 4 heterocycles. The van der Waals surface area contributed by atoms with Gasteiger partial charge in [0.05, 0.1) is 19.8 Å². The molecule has 0 amide bonds. The molecule has 0 radical (unpaired) electrons. The van der Waals surface area contributed by atoms with Crippen molar-refractivity contribution in [3.63, 3.8) is 0 Å². The Kier molecular flexibility index (Phi) is 5.72. The SMILES string of the molecule is Cc1nc(N2CCOCC2)cc(N2CCN(Cc3nc(C(C)C)no3)CC2)n1. The zero-order valence-electron chi connectivity index (χ0n) is 17.0. The minimum atomic E-state index is 0.288. The van der Waals surface area contributed by atoms with Crippen molar-refractivity contribution < 1.29 is 9.26 Å². The van der Waals surface area contributed by atoms with Gasteiger partial charge in [-0.05, 0) is 6.92 Å². The maximum atomic E-state index is 5.45. The van der Waals surface area contributed by atoms with Crippen molar-refractivity contribution in [3.8, 4) is 0 Å². The summed E-state index contributed by atoms with van der Waals surface area (Å²) in [6.45, 7) is 13.8. The summed E-state index contributed by atoms with van der Waals surface area (Å²) in [5.74, 6) is 4.59. The van der Waals surface area contributed by atoms with Gasteiger partial charge in [0.2, 0.25) is 5.89 Å². The Hall–Kier alpha value is -2.26. The third-order valence-corrected chi connectivity index (χ3v) is 5.20. The standard InChI is InChI=1S/C19H29N7O2/c1-14(2)19-22-18(28-23-19)13-24-4-6-25(7-5-24)16-12-17(21-15(3)20-16)26-8-10-27-11-9-26/h12,14H,4-11,13H2,1-3H3. The molecular weight excluding hydrogens is 358 g/mol. The summed E-state index contributed by atoms with van der Waals surface area (Å²) < 4.78 is 10.8. The summed E-state index contributed by atoms with van der Waals surface area (Å²) in [4.78, 5) is 20.8. The number of aromatic nitrogens is 4. The number of nitrogens with zero attached hydrogens (tertiary/aromatic N) is 7. The van der Waals surface area contributed by atoms with Crippen LogP contribution in [0.25, 0.3) is 0 Å². The van der Waals surface area contributed by atoms with E-state index in [9.17, 15) is 0 Å². The van der Waals surface area contributed by atoms with Crippen LogP contribution in [0, 0.1) is 6.92 Å². The van der Waals surface area contributed by atoms with E-state index >= 15 is 0 Å². The number of morpholine rings is 1. The molecule has 0 saturated carbocycles. The molecule has 2 saturated heterocycles. The Morgan fingerprint density at radius 1 is 0.929 bits per heavy atom. The molecule has 9 nitrogen and oxygen atoms in total. The van der Waals surface area contributed by atoms with Crippen LogP contribution < -0.4 is 9.80 Å². The molecular formula is C19H29N7O2. The van der Waals surface area contributed by atoms with Gasteiger partial charge in [-0.2, -0.15) is 4.98 Å². The molecule has 2 aromatic rings. The van der Waals surface area contributed by atoms with Crippen LogP contribution in [0.1, 0.15) is 37.3 Å². The number of piperazine rings is 1. The van der Waals surface area contributed by atoms with E-state index in [1.807, 2.05) is 6.92 Å². The molecule has 2 fully saturated rings. The molecule has 9 heteroatoms. The van der Waals surface area contributed by atoms with Gasteiger partial charge in [0.15, 0.2) is 5.82 Å². The molecule has 0 N–H and O–H groups in total. The average Bonchev–Trinajstić information content (AvgIpc) is 3.18. The fourth-order valence-electron chi connectivity index (χ4n) is 3.55. The lowest BCUT2D eigenvalue weighted by atomic mass is 10.2. The number of ether oxygens (including phenoxy) is 1. The van der Waals surface area contributed by atoms with Gasteiger partial charge >= 0.3 is 0 Å². The maximum absolute atomic E-state index is 5.45. The first-order valence-corrected chi connectivity index (χ1v) is 10.1. The van der Waals surface area contributed by atoms with Gasteiger partial charge < -0.3 is 19.1 Å². The Bertz CT molecular complexity index is 780. The lowest BCUT2D eigenvalue weighted by Crippen LogP contribution is -2.46. The van der Waals surface area contributed by atoms with Crippen molar-refractivity contribution >= 4 is 11.6 Å². The summed E-state index contributed by atoms with van der Waals surface area (Å²) in [6, 6.07) is 2.11. The largest absolute Gasteiger partial charge is 0.378 e. The van der Waals surface area contributed by atoms with Crippen LogP contribution in [-0.2, 0) is 11.3 Å². The van der Waals surface area contributed by atoms with Crippen molar-refractivity contribution in [1.82, 2.24) is 25.0 Å². The van der Waals surface area contributed by atoms with Gasteiger partial charge in [-0.3, -0.25) is 4.90 Å². The van der Waals surface area contributed by atoms with E-state index in [1.54, 1.807) is 0 Å². The third-order valence-electron chi connectivity index (χ3n) is 5.20. The highest BCUT2D eigenvalue weighted by Gasteiger charge is 2.22. The van der Waals surface area contributed by atoms with E-state index in [2.05, 4.69) is 54.7 Å². The molecule has 0 aromatic carbocycles. The van der Waals surface area contributed by atoms with Crippen LogP contribution in [-0.4, -0.2) is 77.5 Å². The van der Waals surface area contributed by atoms with Crippen molar-refractivity contribution in [2.24, 2.45) is 0 Å². The highest BCUT2D eigenvalue weighted by atomic mass is 16.5. The Morgan fingerprint density at radius 3 is 2.18 bits per heavy atom. The van der Waals surface area contributed by atoms with Gasteiger partial charge in [-0.1, -0.05) is 19.0 Å². The number of hydrogen-bond donors (Lipinski definition) is 0. The molecule has 2 aliphatic heterocycles. The van der Waals surface area contributed by atoms with Gasteiger partial charge in [0.25, 0.3) is 0 Å². The highest BCUT2D eigenvalue weighted by Crippen LogP contribution is 2.22. The number of aryl methyl sites for hydroxylation is 1. The molecule has 0 atom stereocenters. The Labute approximate surface area is 165 Å². The molecule has 0 unspecified atom stereocenters. The Morgan fingerprint density at radius 2 is 1.57 bits per heavy atom. The second-order valence-electron chi connectivity index (χ2n) is 7.70. The third kappa shape index (κ3) is 4.41. The van der Waals surface area contributed by atoms with Crippen LogP contribution in [0.15, 0.2) is 10.6 Å². The van der Waals surface area contributed by atoms with Crippen LogP contribution in [0.5, 0.6) is 0 Å². The van der Waals surface area contributed by atoms with Crippen molar-refractivity contribution in [1.29, 1.82) is 0 Å². The molecule has 4 rings (SSSR count). The number of hydrogen-bond acceptors (Lipinski definition) is 9. The lowest BCUT2D eigenvalue weighted by molar-refractivity contribution is 0.122. The predicted octanol–water partition coefficient (Wildman–Crippen LogP) is 1.45. The van der Waals surface area contributed by atoms with Crippen LogP contribution >= 0.6 is 0 Å². The first-order chi connectivity index (χ1) is 13.6. The number of anilines is 2. The van der Waals surface area contributed by atoms with E-state index < -0.39 is 0 Å². The van der Waals surface area contributed by atoms with E-state index in [-0.39, 0.29) is 5.92 Å². The smallest absolute Gasteiger partial charge is 0.240 e. The maximum Gasteiger partial charge on any atom is 0.240 e. The second-order valence-corrected chi connectivity index (χ2v) is 7.70. The van der Waals surface area contributed by atoms with E-state index in [4.69, 9.17) is 9.26 Å². The van der Waals surface area contributed by atoms with Crippen LogP contribution in [0.4, 0.5) is 11.6 Å². The van der Waals surface area contributed by atoms with E-state index in [1.165, 1.54) is 0 Å². The van der Waals surface area contributed by atoms with Crippen molar-refractivity contribution in [2.75, 3.05) is 62.3 Å². The molecule has 28 heavy (non-hydrogen) atoms. The van der Waals surface area contributed by atoms with Crippen molar-refractivity contribution in [3.05, 3.63) is 23.6 Å². The predicted molar refractivity (Wildman–Crippen MR) is 106 cm³/mol. The minimum Gasteiger partial charge on any atom is -0.378 e. The fraction of sp³-hybridized carbons (Fsp3) is 0.684. The summed E-state index contributed by atoms with van der Waals surface area (Å²) in [5, 5.41) is 4.05. The normalized spacial score (nSPS) is 18.9. The first-order valence-electron chi connectivity index (χ1n) is 10.1. The van der Waals surface area contributed by atoms with Crippen LogP contribution in [0.2, 0.25) is 0 Å². The summed E-state index contributed by atoms with van der Waals surface area (Å²) in [5.41, 5.74) is 0. The van der Waals surface area contributed by atoms with E-state index in [0.717, 1.165) is 75.8 Å². The average molecular weight is 387 g/mol. The number of rotatable bonds is 5. The van der Waals surface area contributed by atoms with Crippen molar-refractivity contribution in [2.45, 2.75) is 33.2 Å². The topological polar surface area (TPSA) is 83.7 Å². The fourth-order valence-corrected chi connectivity index (χ4v) is 3.55. The van der Waals surface area contributed by atoms with Gasteiger partial charge in [0, 0.05) is 51.3 Å². The summed E-state index contributed by atoms with van der Waals surface area (Å²) in [6.07, 6.45) is 0. The van der Waals surface area contributed by atoms with E-state index in [0.29, 0.717) is 12.4 Å². The monoisotopic (exact) mass is 387 g/mol. The molecule has 2 aromatic heterocycles. The lowest BCUT2D eigenvalue weighted by Gasteiger charge is -2.35. The van der Waals surface area contributed by atoms with Crippen LogP contribution in [0.3, 0.4) is 0 Å². The summed E-state index contributed by atoms with van der Waals surface area (Å²) >= 11 is 0. The Balaban J connectivity index is 1.37. The molecule has 0 aliphatic carbocycles. The second kappa shape index (κ2) is 8.40. The van der Waals surface area contributed by atoms with Gasteiger partial charge in [0.1, 0.15) is 17.5 Å². The molecule has 152 valence electrons.